The van der Waals surface area contributed by atoms with Crippen molar-refractivity contribution in [2.75, 3.05) is 0 Å². The number of hydrogen-bond donors (Lipinski definition) is 2. The fourth-order valence-electron chi connectivity index (χ4n) is 2.97. The Balaban J connectivity index is 2.62. The molecule has 0 aliphatic heterocycles. The minimum Gasteiger partial charge on any atom is -0.444 e. The fraction of sp³-hybridized carbons (Fsp3) is 0.941. The van der Waals surface area contributed by atoms with E-state index < -0.39 is 5.60 Å². The van der Waals surface area contributed by atoms with Crippen molar-refractivity contribution < 1.29 is 9.53 Å². The van der Waals surface area contributed by atoms with E-state index >= 15 is 0 Å². The second-order valence-electron chi connectivity index (χ2n) is 7.18. The summed E-state index contributed by atoms with van der Waals surface area (Å²) >= 11 is 0. The molecule has 4 nitrogen and oxygen atoms in total. The van der Waals surface area contributed by atoms with Gasteiger partial charge in [-0.2, -0.15) is 0 Å². The van der Waals surface area contributed by atoms with E-state index in [0.29, 0.717) is 12.1 Å². The molecule has 124 valence electrons. The first kappa shape index (κ1) is 18.3. The molecule has 2 N–H and O–H groups in total. The summed E-state index contributed by atoms with van der Waals surface area (Å²) in [5.74, 6) is 0. The summed E-state index contributed by atoms with van der Waals surface area (Å²) < 4.78 is 5.41. The molecule has 0 aromatic heterocycles. The van der Waals surface area contributed by atoms with Gasteiger partial charge in [-0.15, -0.1) is 0 Å². The molecule has 1 aliphatic carbocycles. The number of alkyl carbamates (subject to hydrolysis) is 1. The molecule has 1 aliphatic rings. The lowest BCUT2D eigenvalue weighted by Crippen LogP contribution is -2.52. The number of nitrogens with one attached hydrogen (secondary N) is 2. The molecule has 0 bridgehead atoms. The van der Waals surface area contributed by atoms with Gasteiger partial charge in [0.1, 0.15) is 5.60 Å². The highest BCUT2D eigenvalue weighted by Gasteiger charge is 2.28. The number of amides is 1. The van der Waals surface area contributed by atoms with E-state index in [1.54, 1.807) is 0 Å². The number of carbonyl (C=O) groups excluding carboxylic acids is 1. The van der Waals surface area contributed by atoms with E-state index in [2.05, 4.69) is 24.5 Å². The van der Waals surface area contributed by atoms with Gasteiger partial charge >= 0.3 is 6.09 Å². The molecule has 0 radical (unpaired) electrons. The maximum atomic E-state index is 12.0. The van der Waals surface area contributed by atoms with Gasteiger partial charge in [-0.25, -0.2) is 4.79 Å². The molecule has 0 saturated heterocycles. The van der Waals surface area contributed by atoms with E-state index in [4.69, 9.17) is 4.74 Å². The first-order valence-corrected chi connectivity index (χ1v) is 8.61. The zero-order chi connectivity index (χ0) is 15.9. The van der Waals surface area contributed by atoms with Crippen molar-refractivity contribution in [3.8, 4) is 0 Å². The van der Waals surface area contributed by atoms with E-state index in [1.807, 2.05) is 20.8 Å². The Hall–Kier alpha value is -0.770. The predicted molar refractivity (Wildman–Crippen MR) is 87.5 cm³/mol. The van der Waals surface area contributed by atoms with Crippen LogP contribution in [-0.4, -0.2) is 29.8 Å². The van der Waals surface area contributed by atoms with Gasteiger partial charge in [0, 0.05) is 18.1 Å². The topological polar surface area (TPSA) is 50.4 Å². The first-order valence-electron chi connectivity index (χ1n) is 8.61. The van der Waals surface area contributed by atoms with Crippen LogP contribution in [0.2, 0.25) is 0 Å². The van der Waals surface area contributed by atoms with Crippen LogP contribution in [0.25, 0.3) is 0 Å². The van der Waals surface area contributed by atoms with E-state index in [1.165, 1.54) is 19.3 Å². The largest absolute Gasteiger partial charge is 0.444 e. The fourth-order valence-corrected chi connectivity index (χ4v) is 2.97. The van der Waals surface area contributed by atoms with Crippen LogP contribution in [-0.2, 0) is 4.74 Å². The molecular formula is C17H34N2O2. The van der Waals surface area contributed by atoms with E-state index in [9.17, 15) is 4.79 Å². The standard InChI is InChI=1S/C17H34N2O2/c1-6-13(7-2)18-14-11-9-8-10-12-15(14)19-16(20)21-17(3,4)5/h13-15,18H,6-12H2,1-5H3,(H,19,20). The smallest absolute Gasteiger partial charge is 0.407 e. The second kappa shape index (κ2) is 8.62. The zero-order valence-electron chi connectivity index (χ0n) is 14.5. The van der Waals surface area contributed by atoms with Crippen LogP contribution in [0, 0.1) is 0 Å². The van der Waals surface area contributed by atoms with Crippen molar-refractivity contribution in [1.82, 2.24) is 10.6 Å². The monoisotopic (exact) mass is 298 g/mol. The summed E-state index contributed by atoms with van der Waals surface area (Å²) in [7, 11) is 0. The summed E-state index contributed by atoms with van der Waals surface area (Å²) in [6, 6.07) is 1.09. The Morgan fingerprint density at radius 3 is 2.19 bits per heavy atom. The number of carbonyl (C=O) groups is 1. The average molecular weight is 298 g/mol. The van der Waals surface area contributed by atoms with Crippen LogP contribution >= 0.6 is 0 Å². The summed E-state index contributed by atoms with van der Waals surface area (Å²) in [6.45, 7) is 10.1. The molecule has 1 rings (SSSR count). The third-order valence-electron chi connectivity index (χ3n) is 4.15. The first-order chi connectivity index (χ1) is 9.85. The van der Waals surface area contributed by atoms with Crippen LogP contribution in [0.1, 0.15) is 79.6 Å². The molecule has 0 aromatic carbocycles. The zero-order valence-corrected chi connectivity index (χ0v) is 14.5. The lowest BCUT2D eigenvalue weighted by Gasteiger charge is -2.31. The van der Waals surface area contributed by atoms with Gasteiger partial charge in [-0.3, -0.25) is 0 Å². The summed E-state index contributed by atoms with van der Waals surface area (Å²) in [5.41, 5.74) is -0.437. The Morgan fingerprint density at radius 1 is 1.10 bits per heavy atom. The van der Waals surface area contributed by atoms with Crippen LogP contribution in [0.4, 0.5) is 4.79 Å². The van der Waals surface area contributed by atoms with Crippen molar-refractivity contribution in [1.29, 1.82) is 0 Å². The molecule has 0 spiro atoms. The predicted octanol–water partition coefficient (Wildman–Crippen LogP) is 3.99. The summed E-state index contributed by atoms with van der Waals surface area (Å²) in [4.78, 5) is 12.0. The van der Waals surface area contributed by atoms with Gasteiger partial charge in [0.15, 0.2) is 0 Å². The van der Waals surface area contributed by atoms with Crippen LogP contribution in [0.5, 0.6) is 0 Å². The van der Waals surface area contributed by atoms with Gasteiger partial charge in [-0.1, -0.05) is 33.1 Å². The van der Waals surface area contributed by atoms with Gasteiger partial charge in [-0.05, 0) is 46.5 Å². The minimum absolute atomic E-state index is 0.183. The van der Waals surface area contributed by atoms with Gasteiger partial charge in [0.05, 0.1) is 0 Å². The Morgan fingerprint density at radius 2 is 1.67 bits per heavy atom. The van der Waals surface area contributed by atoms with E-state index in [0.717, 1.165) is 25.7 Å². The quantitative estimate of drug-likeness (QED) is 0.755. The number of hydrogen-bond acceptors (Lipinski definition) is 3. The van der Waals surface area contributed by atoms with Gasteiger partial charge in [0.2, 0.25) is 0 Å². The number of ether oxygens (including phenoxy) is 1. The lowest BCUT2D eigenvalue weighted by molar-refractivity contribution is 0.0487. The molecule has 1 fully saturated rings. The van der Waals surface area contributed by atoms with Crippen LogP contribution in [0.3, 0.4) is 0 Å². The highest BCUT2D eigenvalue weighted by Crippen LogP contribution is 2.20. The van der Waals surface area contributed by atoms with Crippen LogP contribution in [0.15, 0.2) is 0 Å². The highest BCUT2D eigenvalue weighted by molar-refractivity contribution is 5.68. The normalized spacial score (nSPS) is 23.7. The van der Waals surface area contributed by atoms with Crippen molar-refractivity contribution >= 4 is 6.09 Å². The Labute approximate surface area is 130 Å². The lowest BCUT2D eigenvalue weighted by atomic mass is 10.0. The third kappa shape index (κ3) is 7.16. The molecule has 2 unspecified atom stereocenters. The maximum Gasteiger partial charge on any atom is 0.407 e. The summed E-state index contributed by atoms with van der Waals surface area (Å²) in [6.07, 6.45) is 7.83. The molecule has 0 heterocycles. The molecule has 1 amide bonds. The SMILES string of the molecule is CCC(CC)NC1CCCCCC1NC(=O)OC(C)(C)C. The molecule has 2 atom stereocenters. The molecule has 21 heavy (non-hydrogen) atoms. The van der Waals surface area contributed by atoms with Crippen LogP contribution < -0.4 is 10.6 Å². The molecule has 1 saturated carbocycles. The van der Waals surface area contributed by atoms with Crippen molar-refractivity contribution in [2.45, 2.75) is 103 Å². The second-order valence-corrected chi connectivity index (χ2v) is 7.18. The highest BCUT2D eigenvalue weighted by atomic mass is 16.6. The van der Waals surface area contributed by atoms with Gasteiger partial charge in [0.25, 0.3) is 0 Å². The van der Waals surface area contributed by atoms with Crippen molar-refractivity contribution in [2.24, 2.45) is 0 Å². The molecule has 0 aromatic rings. The third-order valence-corrected chi connectivity index (χ3v) is 4.15. The summed E-state index contributed by atoms with van der Waals surface area (Å²) in [5, 5.41) is 6.84. The van der Waals surface area contributed by atoms with E-state index in [-0.39, 0.29) is 12.1 Å². The average Bonchev–Trinajstić information content (AvgIpc) is 2.59. The Bertz CT molecular complexity index is 308. The number of rotatable bonds is 5. The van der Waals surface area contributed by atoms with Crippen molar-refractivity contribution in [3.63, 3.8) is 0 Å². The molecule has 4 heteroatoms. The maximum absolute atomic E-state index is 12.0. The molecular weight excluding hydrogens is 264 g/mol. The minimum atomic E-state index is -0.437. The van der Waals surface area contributed by atoms with Gasteiger partial charge < -0.3 is 15.4 Å². The van der Waals surface area contributed by atoms with Crippen molar-refractivity contribution in [3.05, 3.63) is 0 Å². The Kier molecular flexibility index (Phi) is 7.50.